The second-order valence-electron chi connectivity index (χ2n) is 9.14. The van der Waals surface area contributed by atoms with E-state index < -0.39 is 0 Å². The Morgan fingerprint density at radius 3 is 3.00 bits per heavy atom. The summed E-state index contributed by atoms with van der Waals surface area (Å²) in [6.45, 7) is 2.03. The molecule has 30 heavy (non-hydrogen) atoms. The van der Waals surface area contributed by atoms with Crippen molar-refractivity contribution < 1.29 is 14.4 Å². The largest absolute Gasteiger partial charge is 0.393 e. The summed E-state index contributed by atoms with van der Waals surface area (Å²) in [6.07, 6.45) is 9.61. The molecule has 6 aliphatic rings. The Kier molecular flexibility index (Phi) is 4.58. The summed E-state index contributed by atoms with van der Waals surface area (Å²) in [7, 11) is 0. The predicted octanol–water partition coefficient (Wildman–Crippen LogP) is 4.05. The van der Waals surface area contributed by atoms with E-state index in [-0.39, 0.29) is 17.7 Å². The highest BCUT2D eigenvalue weighted by Crippen LogP contribution is 2.63. The maximum atomic E-state index is 11.3. The zero-order chi connectivity index (χ0) is 20.3. The van der Waals surface area contributed by atoms with Crippen molar-refractivity contribution >= 4 is 12.0 Å². The van der Waals surface area contributed by atoms with Gasteiger partial charge in [0.15, 0.2) is 0 Å². The van der Waals surface area contributed by atoms with Crippen molar-refractivity contribution in [2.45, 2.75) is 50.3 Å². The first-order chi connectivity index (χ1) is 14.7. The minimum atomic E-state index is -0.326. The van der Waals surface area contributed by atoms with Crippen LogP contribution in [0.3, 0.4) is 0 Å². The molecule has 1 aromatic carbocycles. The molecule has 3 fully saturated rings. The summed E-state index contributed by atoms with van der Waals surface area (Å²) in [5.41, 5.74) is 8.39. The molecule has 4 atom stereocenters. The van der Waals surface area contributed by atoms with Crippen LogP contribution in [0.15, 0.2) is 48.4 Å². The minimum absolute atomic E-state index is 0.0565. The maximum Gasteiger partial charge on any atom is 0.0956 e. The van der Waals surface area contributed by atoms with Crippen LogP contribution in [0.5, 0.6) is 0 Å². The lowest BCUT2D eigenvalue weighted by Gasteiger charge is -2.63. The number of aliphatic hydroxyl groups is 1. The Morgan fingerprint density at radius 1 is 1.33 bits per heavy atom. The van der Waals surface area contributed by atoms with E-state index >= 15 is 0 Å². The van der Waals surface area contributed by atoms with Crippen molar-refractivity contribution in [1.29, 1.82) is 0 Å². The number of aliphatic hydroxyl groups excluding tert-OH is 1. The zero-order valence-corrected chi connectivity index (χ0v) is 17.8. The van der Waals surface area contributed by atoms with Gasteiger partial charge in [-0.25, -0.2) is 4.98 Å². The normalized spacial score (nSPS) is 33.6. The summed E-state index contributed by atoms with van der Waals surface area (Å²) >= 11 is 1.30. The van der Waals surface area contributed by atoms with E-state index in [0.29, 0.717) is 17.8 Å². The molecule has 1 aromatic heterocycles. The van der Waals surface area contributed by atoms with Gasteiger partial charge in [0.1, 0.15) is 0 Å². The van der Waals surface area contributed by atoms with Crippen LogP contribution < -0.4 is 5.48 Å². The Morgan fingerprint density at radius 2 is 2.17 bits per heavy atom. The Bertz CT molecular complexity index is 974. The van der Waals surface area contributed by atoms with Gasteiger partial charge in [0.05, 0.1) is 35.9 Å². The number of hydrogen-bond donors (Lipinski definition) is 2. The molecule has 2 aromatic rings. The number of nitrogens with one attached hydrogen (secondary N) is 1. The van der Waals surface area contributed by atoms with Crippen LogP contribution in [0.1, 0.15) is 44.2 Å². The van der Waals surface area contributed by atoms with Crippen molar-refractivity contribution in [1.82, 2.24) is 15.0 Å². The molecule has 0 spiro atoms. The molecule has 4 unspecified atom stereocenters. The number of rotatable bonds is 8. The van der Waals surface area contributed by atoms with Crippen LogP contribution in [0.2, 0.25) is 0 Å². The Balaban J connectivity index is 1.17. The van der Waals surface area contributed by atoms with Crippen LogP contribution in [0, 0.1) is 17.8 Å². The number of imidazole rings is 1. The number of nitrogens with zero attached hydrogens (tertiary/aromatic N) is 2. The third-order valence-electron chi connectivity index (χ3n) is 7.70. The first-order valence-electron chi connectivity index (χ1n) is 10.9. The highest BCUT2D eigenvalue weighted by molar-refractivity contribution is 7.94. The van der Waals surface area contributed by atoms with Crippen LogP contribution in [-0.2, 0) is 9.32 Å². The molecule has 0 amide bonds. The molecule has 158 valence electrons. The highest BCUT2D eigenvalue weighted by Gasteiger charge is 2.61. The van der Waals surface area contributed by atoms with Crippen LogP contribution >= 0.6 is 12.0 Å². The minimum Gasteiger partial charge on any atom is -0.393 e. The quantitative estimate of drug-likeness (QED) is 0.219. The van der Waals surface area contributed by atoms with E-state index in [1.807, 2.05) is 19.4 Å². The standard InChI is InChI=1S/C23H27N3O3S/c1-2-30-29-28-25-23-8-7-14-17(10-23)22(18(14)11-23)21(27)9-19-15-5-3-4-6-16(15)20-12-24-13-26(19)20/h3-7,12-13,17-19,21-22,25,27H,2,8-11H2,1H3. The highest BCUT2D eigenvalue weighted by atomic mass is 32.2. The molecule has 0 saturated heterocycles. The van der Waals surface area contributed by atoms with Gasteiger partial charge in [0.2, 0.25) is 0 Å². The monoisotopic (exact) mass is 425 g/mol. The second kappa shape index (κ2) is 7.21. The number of allylic oxidation sites excluding steroid dienone is 1. The summed E-state index contributed by atoms with van der Waals surface area (Å²) < 4.78 is 7.36. The summed E-state index contributed by atoms with van der Waals surface area (Å²) in [6, 6.07) is 8.68. The molecule has 3 saturated carbocycles. The van der Waals surface area contributed by atoms with Crippen molar-refractivity contribution in [2.75, 3.05) is 5.75 Å². The van der Waals surface area contributed by atoms with E-state index in [1.165, 1.54) is 23.2 Å². The van der Waals surface area contributed by atoms with Gasteiger partial charge < -0.3 is 9.67 Å². The van der Waals surface area contributed by atoms with Crippen molar-refractivity contribution in [3.05, 3.63) is 54.0 Å². The van der Waals surface area contributed by atoms with E-state index in [0.717, 1.165) is 37.1 Å². The molecule has 6 nitrogen and oxygen atoms in total. The van der Waals surface area contributed by atoms with Gasteiger partial charge in [-0.1, -0.05) is 42.8 Å². The molecule has 7 heteroatoms. The van der Waals surface area contributed by atoms with E-state index in [9.17, 15) is 5.11 Å². The summed E-state index contributed by atoms with van der Waals surface area (Å²) in [4.78, 5) is 9.64. The SMILES string of the molecule is CCSOONC12CC=C3C(C1)C(C(O)CC1c4ccccc4-c4cncn41)C3C2. The molecule has 4 bridgehead atoms. The lowest BCUT2D eigenvalue weighted by atomic mass is 9.44. The van der Waals surface area contributed by atoms with E-state index in [1.54, 1.807) is 5.57 Å². The van der Waals surface area contributed by atoms with Crippen molar-refractivity contribution in [3.63, 3.8) is 0 Å². The van der Waals surface area contributed by atoms with Gasteiger partial charge in [-0.3, -0.25) is 0 Å². The molecule has 2 N–H and O–H groups in total. The topological polar surface area (TPSA) is 68.5 Å². The number of fused-ring (bicyclic) bond motifs is 4. The molecular weight excluding hydrogens is 398 g/mol. The lowest BCUT2D eigenvalue weighted by Crippen LogP contribution is -2.64. The lowest BCUT2D eigenvalue weighted by molar-refractivity contribution is -0.279. The molecule has 0 radical (unpaired) electrons. The van der Waals surface area contributed by atoms with Crippen LogP contribution in [0.4, 0.5) is 0 Å². The van der Waals surface area contributed by atoms with Gasteiger partial charge >= 0.3 is 0 Å². The van der Waals surface area contributed by atoms with Gasteiger partial charge in [0, 0.05) is 23.4 Å². The fourth-order valence-electron chi connectivity index (χ4n) is 6.49. The fraction of sp³-hybridized carbons (Fsp3) is 0.522. The average Bonchev–Trinajstić information content (AvgIpc) is 3.35. The van der Waals surface area contributed by atoms with Crippen LogP contribution in [-0.4, -0.2) is 32.1 Å². The number of hydrogen-bond acceptors (Lipinski definition) is 6. The van der Waals surface area contributed by atoms with Gasteiger partial charge in [-0.05, 0) is 49.0 Å². The average molecular weight is 426 g/mol. The van der Waals surface area contributed by atoms with Crippen LogP contribution in [0.25, 0.3) is 11.3 Å². The smallest absolute Gasteiger partial charge is 0.0956 e. The van der Waals surface area contributed by atoms with E-state index in [2.05, 4.69) is 45.4 Å². The Hall–Kier alpha value is -1.64. The third kappa shape index (κ3) is 2.76. The van der Waals surface area contributed by atoms with Crippen molar-refractivity contribution in [2.24, 2.45) is 17.8 Å². The third-order valence-corrected chi connectivity index (χ3v) is 8.10. The zero-order valence-electron chi connectivity index (χ0n) is 17.0. The molecule has 1 aliphatic heterocycles. The first kappa shape index (κ1) is 19.1. The summed E-state index contributed by atoms with van der Waals surface area (Å²) in [5, 5.41) is 11.3. The predicted molar refractivity (Wildman–Crippen MR) is 115 cm³/mol. The fourth-order valence-corrected chi connectivity index (χ4v) is 6.67. The van der Waals surface area contributed by atoms with Gasteiger partial charge in [-0.2, -0.15) is 5.48 Å². The van der Waals surface area contributed by atoms with E-state index in [4.69, 9.17) is 9.32 Å². The first-order valence-corrected chi connectivity index (χ1v) is 11.8. The molecule has 5 aliphatic carbocycles. The summed E-state index contributed by atoms with van der Waals surface area (Å²) in [5.74, 6) is 2.07. The number of hydroxylamine groups is 1. The maximum absolute atomic E-state index is 11.3. The number of aromatic nitrogens is 2. The number of benzene rings is 1. The Labute approximate surface area is 180 Å². The van der Waals surface area contributed by atoms with Gasteiger partial charge in [-0.15, -0.1) is 9.32 Å². The second-order valence-corrected chi connectivity index (χ2v) is 10.1. The molecule has 8 rings (SSSR count). The molecular formula is C23H27N3O3S. The van der Waals surface area contributed by atoms with Gasteiger partial charge in [0.25, 0.3) is 0 Å². The molecule has 2 heterocycles. The van der Waals surface area contributed by atoms with Crippen molar-refractivity contribution in [3.8, 4) is 11.3 Å².